The second-order valence-electron chi connectivity index (χ2n) is 10.7. The zero-order valence-electron chi connectivity index (χ0n) is 24.8. The van der Waals surface area contributed by atoms with E-state index in [0.29, 0.717) is 11.1 Å². The number of aromatic nitrogens is 1. The molecule has 0 fully saturated rings. The third-order valence-corrected chi connectivity index (χ3v) is 7.12. The number of aliphatic hydroxyl groups excluding tert-OH is 1. The summed E-state index contributed by atoms with van der Waals surface area (Å²) in [4.78, 5) is 59.0. The van der Waals surface area contributed by atoms with Gasteiger partial charge in [0.15, 0.2) is 5.96 Å². The average Bonchev–Trinajstić information content (AvgIpc) is 3.40. The van der Waals surface area contributed by atoms with Crippen LogP contribution in [-0.4, -0.2) is 86.8 Å². The van der Waals surface area contributed by atoms with Crippen molar-refractivity contribution in [2.75, 3.05) is 6.54 Å². The highest BCUT2D eigenvalue weighted by molar-refractivity contribution is 5.95. The highest BCUT2D eigenvalue weighted by Gasteiger charge is 2.31. The Hall–Kier alpha value is -5.15. The number of fused-ring (bicyclic) bond motifs is 1. The Kier molecular flexibility index (Phi) is 12.3. The Labute approximate surface area is 259 Å². The molecule has 0 aliphatic heterocycles. The van der Waals surface area contributed by atoms with E-state index >= 15 is 0 Å². The van der Waals surface area contributed by atoms with E-state index in [9.17, 15) is 34.5 Å². The molecule has 15 heteroatoms. The monoisotopic (exact) mass is 624 g/mol. The van der Waals surface area contributed by atoms with E-state index in [1.165, 1.54) is 31.2 Å². The molecule has 0 radical (unpaired) electrons. The number of hydrogen-bond donors (Lipinski definition) is 10. The highest BCUT2D eigenvalue weighted by Crippen LogP contribution is 2.19. The SMILES string of the molecule is CC(O)C(N)C(=O)NC(Cc1c[nH]c2ccccc12)C(=O)NC(CCCN=C(N)N)C(=O)NC(Cc1ccc(O)cc1)C(=O)O. The first-order chi connectivity index (χ1) is 21.3. The van der Waals surface area contributed by atoms with Crippen LogP contribution < -0.4 is 33.2 Å². The van der Waals surface area contributed by atoms with Crippen molar-refractivity contribution in [3.8, 4) is 5.75 Å². The summed E-state index contributed by atoms with van der Waals surface area (Å²) in [5, 5.41) is 37.7. The van der Waals surface area contributed by atoms with Gasteiger partial charge in [-0.05, 0) is 49.1 Å². The molecule has 0 aliphatic carbocycles. The largest absolute Gasteiger partial charge is 0.508 e. The maximum atomic E-state index is 13.7. The lowest BCUT2D eigenvalue weighted by Gasteiger charge is -2.25. The number of guanidine groups is 1. The summed E-state index contributed by atoms with van der Waals surface area (Å²) >= 11 is 0. The first-order valence-corrected chi connectivity index (χ1v) is 14.3. The van der Waals surface area contributed by atoms with Crippen LogP contribution in [0.15, 0.2) is 59.7 Å². The van der Waals surface area contributed by atoms with E-state index < -0.39 is 54.0 Å². The molecule has 1 heterocycles. The van der Waals surface area contributed by atoms with Crippen LogP contribution >= 0.6 is 0 Å². The molecule has 3 amide bonds. The first kappa shape index (κ1) is 34.3. The van der Waals surface area contributed by atoms with Crippen LogP contribution in [0.25, 0.3) is 10.9 Å². The van der Waals surface area contributed by atoms with Crippen LogP contribution in [0.3, 0.4) is 0 Å². The second-order valence-corrected chi connectivity index (χ2v) is 10.7. The molecule has 0 spiro atoms. The molecule has 3 rings (SSSR count). The number of aromatic hydroxyl groups is 1. The zero-order chi connectivity index (χ0) is 33.1. The van der Waals surface area contributed by atoms with Gasteiger partial charge in [0, 0.05) is 36.5 Å². The number of hydrogen-bond acceptors (Lipinski definition) is 8. The predicted molar refractivity (Wildman–Crippen MR) is 167 cm³/mol. The third kappa shape index (κ3) is 10.2. The molecule has 45 heavy (non-hydrogen) atoms. The van der Waals surface area contributed by atoms with Crippen molar-refractivity contribution < 1.29 is 34.5 Å². The molecular weight excluding hydrogens is 584 g/mol. The normalized spacial score (nSPS) is 14.4. The number of nitrogens with one attached hydrogen (secondary N) is 4. The number of aliphatic imine (C=N–C) groups is 1. The Bertz CT molecular complexity index is 1500. The van der Waals surface area contributed by atoms with Gasteiger partial charge < -0.3 is 53.5 Å². The number of carboxylic acids is 1. The fourth-order valence-electron chi connectivity index (χ4n) is 4.60. The summed E-state index contributed by atoms with van der Waals surface area (Å²) in [6.45, 7) is 1.48. The standard InChI is InChI=1S/C30H40N8O7/c1-16(39)25(31)28(43)37-23(14-18-15-35-21-6-3-2-5-20(18)21)27(42)36-22(7-4-12-34-30(32)33)26(41)38-24(29(44)45)13-17-8-10-19(40)11-9-17/h2-3,5-6,8-11,15-16,22-25,35,39-40H,4,7,12-14,31H2,1H3,(H,36,42)(H,37,43)(H,38,41)(H,44,45)(H4,32,33,34). The molecule has 0 bridgehead atoms. The maximum absolute atomic E-state index is 13.7. The maximum Gasteiger partial charge on any atom is 0.326 e. The Morgan fingerprint density at radius 1 is 0.889 bits per heavy atom. The lowest BCUT2D eigenvalue weighted by molar-refractivity contribution is -0.142. The zero-order valence-corrected chi connectivity index (χ0v) is 24.8. The number of rotatable bonds is 16. The Morgan fingerprint density at radius 2 is 1.51 bits per heavy atom. The number of benzene rings is 2. The number of H-pyrrole nitrogens is 1. The molecule has 15 nitrogen and oxygen atoms in total. The lowest BCUT2D eigenvalue weighted by atomic mass is 10.0. The summed E-state index contributed by atoms with van der Waals surface area (Å²) in [6, 6.07) is 8.08. The van der Waals surface area contributed by atoms with Gasteiger partial charge in [-0.3, -0.25) is 19.4 Å². The molecular formula is C30H40N8O7. The minimum Gasteiger partial charge on any atom is -0.508 e. The van der Waals surface area contributed by atoms with Crippen LogP contribution in [0.2, 0.25) is 0 Å². The van der Waals surface area contributed by atoms with Gasteiger partial charge in [-0.2, -0.15) is 0 Å². The van der Waals surface area contributed by atoms with Crippen molar-refractivity contribution in [1.29, 1.82) is 0 Å². The number of aromatic amines is 1. The number of aliphatic hydroxyl groups is 1. The molecule has 0 saturated carbocycles. The van der Waals surface area contributed by atoms with Crippen molar-refractivity contribution in [3.05, 3.63) is 65.9 Å². The summed E-state index contributed by atoms with van der Waals surface area (Å²) in [5.41, 5.74) is 18.7. The Morgan fingerprint density at radius 3 is 2.16 bits per heavy atom. The van der Waals surface area contributed by atoms with Crippen LogP contribution in [-0.2, 0) is 32.0 Å². The number of carbonyl (C=O) groups is 4. The number of phenolic OH excluding ortho intramolecular Hbond substituents is 1. The fourth-order valence-corrected chi connectivity index (χ4v) is 4.60. The van der Waals surface area contributed by atoms with Gasteiger partial charge in [-0.15, -0.1) is 0 Å². The summed E-state index contributed by atoms with van der Waals surface area (Å²) in [6.07, 6.45) is 0.699. The van der Waals surface area contributed by atoms with Crippen molar-refractivity contribution in [3.63, 3.8) is 0 Å². The molecule has 0 aliphatic rings. The van der Waals surface area contributed by atoms with Crippen LogP contribution in [0, 0.1) is 0 Å². The number of para-hydroxylation sites is 1. The van der Waals surface area contributed by atoms with Gasteiger partial charge in [0.1, 0.15) is 29.9 Å². The molecule has 0 saturated heterocycles. The average molecular weight is 625 g/mol. The van der Waals surface area contributed by atoms with E-state index in [4.69, 9.17) is 17.2 Å². The van der Waals surface area contributed by atoms with Gasteiger partial charge >= 0.3 is 5.97 Å². The molecule has 13 N–H and O–H groups in total. The predicted octanol–water partition coefficient (Wildman–Crippen LogP) is -1.04. The lowest BCUT2D eigenvalue weighted by Crippen LogP contribution is -2.58. The molecule has 2 aromatic carbocycles. The second kappa shape index (κ2) is 16.1. The van der Waals surface area contributed by atoms with Crippen molar-refractivity contribution in [2.45, 2.75) is 62.9 Å². The summed E-state index contributed by atoms with van der Waals surface area (Å²) < 4.78 is 0. The third-order valence-electron chi connectivity index (χ3n) is 7.12. The quantitative estimate of drug-likeness (QED) is 0.0525. The van der Waals surface area contributed by atoms with E-state index in [0.717, 1.165) is 10.9 Å². The topological polar surface area (TPSA) is 271 Å². The van der Waals surface area contributed by atoms with E-state index in [1.807, 2.05) is 24.3 Å². The number of carbonyl (C=O) groups excluding carboxylic acids is 3. The number of phenols is 1. The van der Waals surface area contributed by atoms with E-state index in [2.05, 4.69) is 25.9 Å². The molecule has 1 aromatic heterocycles. The molecule has 5 atom stereocenters. The van der Waals surface area contributed by atoms with Gasteiger partial charge in [-0.1, -0.05) is 30.3 Å². The Balaban J connectivity index is 1.85. The van der Waals surface area contributed by atoms with Crippen LogP contribution in [0.5, 0.6) is 5.75 Å². The minimum absolute atomic E-state index is 0.00176. The summed E-state index contributed by atoms with van der Waals surface area (Å²) in [7, 11) is 0. The number of carboxylic acid groups (broad SMARTS) is 1. The first-order valence-electron chi connectivity index (χ1n) is 14.3. The van der Waals surface area contributed by atoms with Crippen LogP contribution in [0.1, 0.15) is 30.9 Å². The van der Waals surface area contributed by atoms with E-state index in [-0.39, 0.29) is 43.9 Å². The van der Waals surface area contributed by atoms with Crippen molar-refractivity contribution in [2.24, 2.45) is 22.2 Å². The molecule has 242 valence electrons. The number of aliphatic carboxylic acids is 1. The molecule has 5 unspecified atom stereocenters. The number of nitrogens with two attached hydrogens (primary N) is 3. The van der Waals surface area contributed by atoms with Gasteiger partial charge in [-0.25, -0.2) is 4.79 Å². The van der Waals surface area contributed by atoms with Crippen molar-refractivity contribution >= 4 is 40.6 Å². The highest BCUT2D eigenvalue weighted by atomic mass is 16.4. The van der Waals surface area contributed by atoms with E-state index in [1.54, 1.807) is 6.20 Å². The number of amides is 3. The summed E-state index contributed by atoms with van der Waals surface area (Å²) in [5.74, 6) is -3.76. The number of nitrogens with zero attached hydrogens (tertiary/aromatic N) is 1. The van der Waals surface area contributed by atoms with Crippen molar-refractivity contribution in [1.82, 2.24) is 20.9 Å². The van der Waals surface area contributed by atoms with Gasteiger partial charge in [0.25, 0.3) is 0 Å². The van der Waals surface area contributed by atoms with Gasteiger partial charge in [0.05, 0.1) is 6.10 Å². The van der Waals surface area contributed by atoms with Crippen LogP contribution in [0.4, 0.5) is 0 Å². The smallest absolute Gasteiger partial charge is 0.326 e. The fraction of sp³-hybridized carbons (Fsp3) is 0.367. The molecule has 3 aromatic rings. The minimum atomic E-state index is -1.36. The van der Waals surface area contributed by atoms with Gasteiger partial charge in [0.2, 0.25) is 17.7 Å².